The van der Waals surface area contributed by atoms with E-state index in [2.05, 4.69) is 39.8 Å². The second-order valence-corrected chi connectivity index (χ2v) is 5.38. The van der Waals surface area contributed by atoms with E-state index in [0.29, 0.717) is 6.54 Å². The quantitative estimate of drug-likeness (QED) is 0.794. The van der Waals surface area contributed by atoms with Gasteiger partial charge in [-0.1, -0.05) is 26.8 Å². The minimum absolute atomic E-state index is 0.166. The third kappa shape index (κ3) is 1.85. The Balaban J connectivity index is 2.67. The molecule has 0 amide bonds. The van der Waals surface area contributed by atoms with Crippen molar-refractivity contribution < 1.29 is 4.42 Å². The average Bonchev–Trinajstić information content (AvgIpc) is 2.59. The number of hydrogen-bond acceptors (Lipinski definition) is 2. The molecule has 2 nitrogen and oxygen atoms in total. The number of furan rings is 1. The van der Waals surface area contributed by atoms with Crippen molar-refractivity contribution in [1.29, 1.82) is 0 Å². The fourth-order valence-electron chi connectivity index (χ4n) is 1.92. The summed E-state index contributed by atoms with van der Waals surface area (Å²) in [6.45, 7) is 9.20. The summed E-state index contributed by atoms with van der Waals surface area (Å²) in [5, 5.41) is 1.16. The highest BCUT2D eigenvalue weighted by Crippen LogP contribution is 2.30. The van der Waals surface area contributed by atoms with E-state index in [1.165, 1.54) is 11.1 Å². The third-order valence-corrected chi connectivity index (χ3v) is 2.92. The first-order valence-electron chi connectivity index (χ1n) is 5.65. The van der Waals surface area contributed by atoms with Crippen molar-refractivity contribution in [2.24, 2.45) is 5.73 Å². The summed E-state index contributed by atoms with van der Waals surface area (Å²) in [4.78, 5) is 0. The predicted molar refractivity (Wildman–Crippen MR) is 67.5 cm³/mol. The molecule has 0 spiro atoms. The van der Waals surface area contributed by atoms with Crippen LogP contribution in [0, 0.1) is 6.92 Å². The molecule has 1 aromatic heterocycles. The van der Waals surface area contributed by atoms with E-state index < -0.39 is 0 Å². The predicted octanol–water partition coefficient (Wildman–Crippen LogP) is 3.50. The summed E-state index contributed by atoms with van der Waals surface area (Å²) in [7, 11) is 0. The topological polar surface area (TPSA) is 39.2 Å². The van der Waals surface area contributed by atoms with Gasteiger partial charge in [-0.2, -0.15) is 0 Å². The first-order valence-corrected chi connectivity index (χ1v) is 5.65. The maximum atomic E-state index is 5.69. The number of hydrogen-bond donors (Lipinski definition) is 1. The van der Waals surface area contributed by atoms with Crippen LogP contribution in [-0.2, 0) is 12.0 Å². The highest BCUT2D eigenvalue weighted by atomic mass is 16.3. The zero-order valence-corrected chi connectivity index (χ0v) is 10.4. The van der Waals surface area contributed by atoms with E-state index >= 15 is 0 Å². The number of nitrogens with two attached hydrogens (primary N) is 1. The Morgan fingerprint density at radius 1 is 1.19 bits per heavy atom. The zero-order chi connectivity index (χ0) is 11.9. The Labute approximate surface area is 96.4 Å². The lowest BCUT2D eigenvalue weighted by Gasteiger charge is -2.19. The maximum absolute atomic E-state index is 5.69. The van der Waals surface area contributed by atoms with Gasteiger partial charge in [0.15, 0.2) is 0 Å². The molecule has 1 aromatic carbocycles. The molecule has 2 aromatic rings. The van der Waals surface area contributed by atoms with E-state index in [0.717, 1.165) is 16.7 Å². The molecule has 2 N–H and O–H groups in total. The largest absolute Gasteiger partial charge is 0.459 e. The monoisotopic (exact) mass is 217 g/mol. The summed E-state index contributed by atoms with van der Waals surface area (Å²) >= 11 is 0. The van der Waals surface area contributed by atoms with Gasteiger partial charge in [-0.05, 0) is 35.6 Å². The number of benzene rings is 1. The smallest absolute Gasteiger partial charge is 0.137 e. The van der Waals surface area contributed by atoms with Crippen LogP contribution in [0.15, 0.2) is 22.6 Å². The molecule has 0 fully saturated rings. The molecular weight excluding hydrogens is 198 g/mol. The van der Waals surface area contributed by atoms with Gasteiger partial charge in [0.2, 0.25) is 0 Å². The fraction of sp³-hybridized carbons (Fsp3) is 0.429. The van der Waals surface area contributed by atoms with Crippen LogP contribution >= 0.6 is 0 Å². The van der Waals surface area contributed by atoms with Crippen molar-refractivity contribution in [2.45, 2.75) is 39.7 Å². The third-order valence-electron chi connectivity index (χ3n) is 2.92. The molecule has 86 valence electrons. The molecule has 0 aliphatic carbocycles. The van der Waals surface area contributed by atoms with Gasteiger partial charge in [-0.25, -0.2) is 0 Å². The van der Waals surface area contributed by atoms with E-state index in [9.17, 15) is 0 Å². The molecule has 0 saturated heterocycles. The second kappa shape index (κ2) is 3.63. The lowest BCUT2D eigenvalue weighted by Crippen LogP contribution is -2.10. The van der Waals surface area contributed by atoms with Gasteiger partial charge < -0.3 is 10.2 Å². The van der Waals surface area contributed by atoms with Crippen LogP contribution in [0.3, 0.4) is 0 Å². The van der Waals surface area contributed by atoms with Gasteiger partial charge in [0.1, 0.15) is 11.3 Å². The highest BCUT2D eigenvalue weighted by molar-refractivity contribution is 5.82. The van der Waals surface area contributed by atoms with E-state index in [1.54, 1.807) is 0 Å². The number of fused-ring (bicyclic) bond motifs is 1. The van der Waals surface area contributed by atoms with E-state index in [1.807, 2.05) is 6.07 Å². The van der Waals surface area contributed by atoms with Crippen LogP contribution in [-0.4, -0.2) is 0 Å². The highest BCUT2D eigenvalue weighted by Gasteiger charge is 2.16. The standard InChI is InChI=1S/C14H19NO/c1-9-5-11(14(2,3)4)6-10-7-12(8-15)16-13(9)10/h5-7H,8,15H2,1-4H3. The van der Waals surface area contributed by atoms with Crippen molar-refractivity contribution >= 4 is 11.0 Å². The lowest BCUT2D eigenvalue weighted by molar-refractivity contribution is 0.549. The Kier molecular flexibility index (Phi) is 2.55. The zero-order valence-electron chi connectivity index (χ0n) is 10.4. The normalized spacial score (nSPS) is 12.3. The van der Waals surface area contributed by atoms with E-state index in [4.69, 9.17) is 10.2 Å². The van der Waals surface area contributed by atoms with Gasteiger partial charge in [0.25, 0.3) is 0 Å². The van der Waals surface area contributed by atoms with Gasteiger partial charge in [0.05, 0.1) is 6.54 Å². The molecule has 0 unspecified atom stereocenters. The molecule has 0 radical (unpaired) electrons. The summed E-state index contributed by atoms with van der Waals surface area (Å²) in [6.07, 6.45) is 0. The van der Waals surface area contributed by atoms with Crippen molar-refractivity contribution in [2.75, 3.05) is 0 Å². The van der Waals surface area contributed by atoms with Crippen LogP contribution in [0.1, 0.15) is 37.7 Å². The molecule has 1 heterocycles. The summed E-state index contributed by atoms with van der Waals surface area (Å²) < 4.78 is 5.69. The van der Waals surface area contributed by atoms with Crippen LogP contribution in [0.5, 0.6) is 0 Å². The first kappa shape index (κ1) is 11.2. The maximum Gasteiger partial charge on any atom is 0.137 e. The van der Waals surface area contributed by atoms with Crippen LogP contribution in [0.4, 0.5) is 0 Å². The molecule has 0 aliphatic heterocycles. The number of aryl methyl sites for hydroxylation is 1. The van der Waals surface area contributed by atoms with Crippen molar-refractivity contribution in [1.82, 2.24) is 0 Å². The lowest BCUT2D eigenvalue weighted by atomic mass is 9.85. The molecular formula is C14H19NO. The Morgan fingerprint density at radius 3 is 2.44 bits per heavy atom. The molecule has 2 heteroatoms. The van der Waals surface area contributed by atoms with Gasteiger partial charge >= 0.3 is 0 Å². The summed E-state index contributed by atoms with van der Waals surface area (Å²) in [6, 6.07) is 6.44. The first-order chi connectivity index (χ1) is 7.41. The Hall–Kier alpha value is -1.28. The van der Waals surface area contributed by atoms with Crippen molar-refractivity contribution in [3.63, 3.8) is 0 Å². The fourth-order valence-corrected chi connectivity index (χ4v) is 1.92. The van der Waals surface area contributed by atoms with Gasteiger partial charge in [0, 0.05) is 5.39 Å². The summed E-state index contributed by atoms with van der Waals surface area (Å²) in [5.74, 6) is 0.851. The average molecular weight is 217 g/mol. The SMILES string of the molecule is Cc1cc(C(C)(C)C)cc2cc(CN)oc12. The van der Waals surface area contributed by atoms with Crippen molar-refractivity contribution in [3.05, 3.63) is 35.1 Å². The second-order valence-electron chi connectivity index (χ2n) is 5.38. The molecule has 0 bridgehead atoms. The molecule has 2 rings (SSSR count). The number of rotatable bonds is 1. The molecule has 0 saturated carbocycles. The molecule has 16 heavy (non-hydrogen) atoms. The molecule has 0 aliphatic rings. The Bertz CT molecular complexity index is 517. The Morgan fingerprint density at radius 2 is 1.88 bits per heavy atom. The van der Waals surface area contributed by atoms with Crippen molar-refractivity contribution in [3.8, 4) is 0 Å². The minimum atomic E-state index is 0.166. The van der Waals surface area contributed by atoms with Crippen LogP contribution in [0.25, 0.3) is 11.0 Å². The van der Waals surface area contributed by atoms with Gasteiger partial charge in [-0.3, -0.25) is 0 Å². The van der Waals surface area contributed by atoms with Crippen LogP contribution < -0.4 is 5.73 Å². The van der Waals surface area contributed by atoms with E-state index in [-0.39, 0.29) is 5.41 Å². The van der Waals surface area contributed by atoms with Crippen LogP contribution in [0.2, 0.25) is 0 Å². The minimum Gasteiger partial charge on any atom is -0.459 e. The van der Waals surface area contributed by atoms with Gasteiger partial charge in [-0.15, -0.1) is 0 Å². The molecule has 0 atom stereocenters. The summed E-state index contributed by atoms with van der Waals surface area (Å²) in [5.41, 5.74) is 9.24.